The molecule has 0 bridgehead atoms. The Labute approximate surface area is 131 Å². The first kappa shape index (κ1) is 16.8. The van der Waals surface area contributed by atoms with E-state index in [9.17, 15) is 13.2 Å². The molecule has 2 heterocycles. The van der Waals surface area contributed by atoms with Crippen molar-refractivity contribution in [3.8, 4) is 0 Å². The maximum atomic E-state index is 11.8. The number of likely N-dealkylation sites (tertiary alicyclic amines) is 1. The first-order chi connectivity index (χ1) is 10.5. The Balaban J connectivity index is 1.82. The minimum atomic E-state index is -3.07. The quantitative estimate of drug-likeness (QED) is 0.770. The Morgan fingerprint density at radius 1 is 1.36 bits per heavy atom. The van der Waals surface area contributed by atoms with Crippen LogP contribution in [0.3, 0.4) is 0 Å². The second kappa shape index (κ2) is 7.64. The number of nitrogens with zero attached hydrogens (tertiary/aromatic N) is 1. The molecule has 0 aromatic carbocycles. The van der Waals surface area contributed by atoms with Crippen molar-refractivity contribution in [3.05, 3.63) is 24.2 Å². The first-order valence-corrected chi connectivity index (χ1v) is 9.48. The SMILES string of the molecule is CS(=O)(=O)CCNC(=O)NCC(c1ccco1)N1CCCC1. The highest BCUT2D eigenvalue weighted by molar-refractivity contribution is 7.90. The summed E-state index contributed by atoms with van der Waals surface area (Å²) in [7, 11) is -3.07. The number of sulfone groups is 1. The lowest BCUT2D eigenvalue weighted by molar-refractivity contribution is 0.203. The molecule has 1 aromatic heterocycles. The van der Waals surface area contributed by atoms with E-state index in [4.69, 9.17) is 4.42 Å². The molecule has 1 saturated heterocycles. The van der Waals surface area contributed by atoms with Crippen molar-refractivity contribution in [1.29, 1.82) is 0 Å². The average Bonchev–Trinajstić information content (AvgIpc) is 3.10. The molecule has 0 radical (unpaired) electrons. The van der Waals surface area contributed by atoms with Crippen LogP contribution in [0.4, 0.5) is 4.79 Å². The van der Waals surface area contributed by atoms with Crippen LogP contribution in [-0.2, 0) is 9.84 Å². The molecule has 2 rings (SSSR count). The predicted molar refractivity (Wildman–Crippen MR) is 83.4 cm³/mol. The molecule has 2 N–H and O–H groups in total. The monoisotopic (exact) mass is 329 g/mol. The zero-order chi connectivity index (χ0) is 16.0. The van der Waals surface area contributed by atoms with E-state index in [-0.39, 0.29) is 24.4 Å². The zero-order valence-electron chi connectivity index (χ0n) is 12.7. The van der Waals surface area contributed by atoms with Gasteiger partial charge < -0.3 is 15.1 Å². The van der Waals surface area contributed by atoms with E-state index in [0.717, 1.165) is 37.9 Å². The minimum absolute atomic E-state index is 0.0122. The fourth-order valence-corrected chi connectivity index (χ4v) is 3.02. The summed E-state index contributed by atoms with van der Waals surface area (Å²) in [6.45, 7) is 2.52. The van der Waals surface area contributed by atoms with E-state index >= 15 is 0 Å². The summed E-state index contributed by atoms with van der Waals surface area (Å²) in [4.78, 5) is 14.0. The Bertz CT molecular complexity index is 565. The van der Waals surface area contributed by atoms with Crippen LogP contribution in [0.15, 0.2) is 22.8 Å². The maximum absolute atomic E-state index is 11.8. The molecule has 1 aliphatic heterocycles. The number of hydrogen-bond donors (Lipinski definition) is 2. The Hall–Kier alpha value is -1.54. The van der Waals surface area contributed by atoms with Crippen molar-refractivity contribution in [1.82, 2.24) is 15.5 Å². The molecule has 8 heteroatoms. The van der Waals surface area contributed by atoms with Gasteiger partial charge in [0.15, 0.2) is 0 Å². The van der Waals surface area contributed by atoms with E-state index in [1.165, 1.54) is 0 Å². The number of urea groups is 1. The molecule has 1 aromatic rings. The number of rotatable bonds is 7. The molecule has 0 spiro atoms. The Kier molecular flexibility index (Phi) is 5.84. The molecule has 2 amide bonds. The van der Waals surface area contributed by atoms with Crippen molar-refractivity contribution in [2.75, 3.05) is 38.2 Å². The number of nitrogens with one attached hydrogen (secondary N) is 2. The van der Waals surface area contributed by atoms with Gasteiger partial charge in [0.25, 0.3) is 0 Å². The maximum Gasteiger partial charge on any atom is 0.314 e. The summed E-state index contributed by atoms with van der Waals surface area (Å²) in [5.74, 6) is 0.770. The molecule has 1 aliphatic rings. The van der Waals surface area contributed by atoms with E-state index in [1.54, 1.807) is 6.26 Å². The van der Waals surface area contributed by atoms with Gasteiger partial charge in [0.2, 0.25) is 0 Å². The van der Waals surface area contributed by atoms with Gasteiger partial charge in [-0.2, -0.15) is 0 Å². The van der Waals surface area contributed by atoms with E-state index in [1.807, 2.05) is 12.1 Å². The van der Waals surface area contributed by atoms with Crippen molar-refractivity contribution >= 4 is 15.9 Å². The van der Waals surface area contributed by atoms with E-state index in [0.29, 0.717) is 6.54 Å². The highest BCUT2D eigenvalue weighted by Gasteiger charge is 2.25. The van der Waals surface area contributed by atoms with Crippen molar-refractivity contribution in [2.24, 2.45) is 0 Å². The Morgan fingerprint density at radius 2 is 2.09 bits per heavy atom. The molecule has 0 aliphatic carbocycles. The fourth-order valence-electron chi connectivity index (χ4n) is 2.55. The van der Waals surface area contributed by atoms with Gasteiger partial charge in [0.1, 0.15) is 15.6 Å². The zero-order valence-corrected chi connectivity index (χ0v) is 13.6. The van der Waals surface area contributed by atoms with Gasteiger partial charge >= 0.3 is 6.03 Å². The van der Waals surface area contributed by atoms with Crippen LogP contribution >= 0.6 is 0 Å². The summed E-state index contributed by atoms with van der Waals surface area (Å²) in [6.07, 6.45) is 5.08. The molecule has 7 nitrogen and oxygen atoms in total. The topological polar surface area (TPSA) is 91.6 Å². The summed E-state index contributed by atoms with van der Waals surface area (Å²) in [6, 6.07) is 3.40. The van der Waals surface area contributed by atoms with Crippen LogP contribution in [0.1, 0.15) is 24.6 Å². The van der Waals surface area contributed by atoms with Crippen LogP contribution < -0.4 is 10.6 Å². The van der Waals surface area contributed by atoms with Gasteiger partial charge in [-0.3, -0.25) is 4.90 Å². The van der Waals surface area contributed by atoms with Crippen molar-refractivity contribution in [3.63, 3.8) is 0 Å². The standard InChI is InChI=1S/C14H23N3O4S/c1-22(19,20)10-6-15-14(18)16-11-12(13-5-4-9-21-13)17-7-2-3-8-17/h4-5,9,12H,2-3,6-8,10-11H2,1H3,(H2,15,16,18). The molecular formula is C14H23N3O4S. The summed E-state index contributed by atoms with van der Waals surface area (Å²) < 4.78 is 27.5. The van der Waals surface area contributed by atoms with Crippen molar-refractivity contribution in [2.45, 2.75) is 18.9 Å². The third kappa shape index (κ3) is 5.34. The lowest BCUT2D eigenvalue weighted by Crippen LogP contribution is -2.42. The summed E-state index contributed by atoms with van der Waals surface area (Å²) in [5.41, 5.74) is 0. The normalized spacial score (nSPS) is 17.3. The number of amides is 2. The number of furan rings is 1. The summed E-state index contributed by atoms with van der Waals surface area (Å²) in [5, 5.41) is 5.34. The lowest BCUT2D eigenvalue weighted by Gasteiger charge is -2.26. The van der Waals surface area contributed by atoms with Gasteiger partial charge in [0.05, 0.1) is 18.1 Å². The smallest absolute Gasteiger partial charge is 0.314 e. The highest BCUT2D eigenvalue weighted by Crippen LogP contribution is 2.24. The Morgan fingerprint density at radius 3 is 2.68 bits per heavy atom. The third-order valence-electron chi connectivity index (χ3n) is 3.67. The van der Waals surface area contributed by atoms with Crippen molar-refractivity contribution < 1.29 is 17.6 Å². The number of carbonyl (C=O) groups excluding carboxylic acids is 1. The van der Waals surface area contributed by atoms with Gasteiger partial charge in [-0.25, -0.2) is 13.2 Å². The molecule has 0 saturated carbocycles. The third-order valence-corrected chi connectivity index (χ3v) is 4.61. The highest BCUT2D eigenvalue weighted by atomic mass is 32.2. The predicted octanol–water partition coefficient (Wildman–Crippen LogP) is 0.760. The van der Waals surface area contributed by atoms with Crippen LogP contribution in [0.2, 0.25) is 0 Å². The minimum Gasteiger partial charge on any atom is -0.468 e. The molecule has 124 valence electrons. The first-order valence-electron chi connectivity index (χ1n) is 7.42. The van der Waals surface area contributed by atoms with E-state index < -0.39 is 9.84 Å². The largest absolute Gasteiger partial charge is 0.468 e. The lowest BCUT2D eigenvalue weighted by atomic mass is 10.2. The summed E-state index contributed by atoms with van der Waals surface area (Å²) >= 11 is 0. The fraction of sp³-hybridized carbons (Fsp3) is 0.643. The number of carbonyl (C=O) groups is 1. The molecule has 1 fully saturated rings. The molecule has 22 heavy (non-hydrogen) atoms. The van der Waals surface area contributed by atoms with Crippen LogP contribution in [0.25, 0.3) is 0 Å². The van der Waals surface area contributed by atoms with E-state index in [2.05, 4.69) is 15.5 Å². The second-order valence-corrected chi connectivity index (χ2v) is 7.80. The average molecular weight is 329 g/mol. The van der Waals surface area contributed by atoms with Crippen LogP contribution in [-0.4, -0.2) is 57.5 Å². The van der Waals surface area contributed by atoms with Gasteiger partial charge in [-0.05, 0) is 38.1 Å². The van der Waals surface area contributed by atoms with Crippen LogP contribution in [0.5, 0.6) is 0 Å². The number of hydrogen-bond acceptors (Lipinski definition) is 5. The second-order valence-electron chi connectivity index (χ2n) is 5.54. The van der Waals surface area contributed by atoms with Gasteiger partial charge in [-0.15, -0.1) is 0 Å². The molecule has 1 unspecified atom stereocenters. The van der Waals surface area contributed by atoms with Gasteiger partial charge in [0, 0.05) is 19.3 Å². The van der Waals surface area contributed by atoms with Crippen LogP contribution in [0, 0.1) is 0 Å². The van der Waals surface area contributed by atoms with Gasteiger partial charge in [-0.1, -0.05) is 0 Å². The molecule has 1 atom stereocenters. The molecular weight excluding hydrogens is 306 g/mol.